The molecule has 19 heavy (non-hydrogen) atoms. The first kappa shape index (κ1) is 13.7. The molecule has 1 amide bonds. The Morgan fingerprint density at radius 1 is 1.68 bits per heavy atom. The van der Waals surface area contributed by atoms with Gasteiger partial charge in [-0.1, -0.05) is 11.6 Å². The Bertz CT molecular complexity index is 539. The number of rotatable bonds is 3. The van der Waals surface area contributed by atoms with Crippen LogP contribution in [0.15, 0.2) is 18.2 Å². The average molecular weight is 279 g/mol. The molecule has 1 aliphatic heterocycles. The third kappa shape index (κ3) is 2.99. The van der Waals surface area contributed by atoms with Crippen LogP contribution in [0.4, 0.5) is 0 Å². The number of halogens is 1. The second kappa shape index (κ2) is 5.50. The van der Waals surface area contributed by atoms with Crippen molar-refractivity contribution >= 4 is 17.5 Å². The molecule has 0 bridgehead atoms. The molecule has 1 aromatic rings. The second-order valence-electron chi connectivity index (χ2n) is 4.81. The zero-order valence-corrected chi connectivity index (χ0v) is 11.6. The number of likely N-dealkylation sites (N-methyl/N-ethyl adjacent to an activating group) is 1. The van der Waals surface area contributed by atoms with Crippen LogP contribution in [-0.4, -0.2) is 30.5 Å². The van der Waals surface area contributed by atoms with Crippen LogP contribution in [0.1, 0.15) is 12.5 Å². The van der Waals surface area contributed by atoms with E-state index in [1.165, 1.54) is 0 Å². The average Bonchev–Trinajstić information content (AvgIpc) is 2.80. The van der Waals surface area contributed by atoms with E-state index in [4.69, 9.17) is 21.6 Å². The van der Waals surface area contributed by atoms with Crippen molar-refractivity contribution in [1.29, 1.82) is 5.26 Å². The molecule has 0 aromatic heterocycles. The standard InChI is InChI=1S/C14H15ClN2O2/c1-9(7-16)8-17(2)14(18)13-6-10-5-11(15)3-4-12(10)19-13/h3-5,9,13H,6,8H2,1-2H3/t9-,13+/m0/s1. The molecule has 1 heterocycles. The number of nitrogens with zero attached hydrogens (tertiary/aromatic N) is 2. The highest BCUT2D eigenvalue weighted by molar-refractivity contribution is 6.30. The van der Waals surface area contributed by atoms with Crippen molar-refractivity contribution in [2.24, 2.45) is 5.92 Å². The fourth-order valence-electron chi connectivity index (χ4n) is 2.14. The number of carbonyl (C=O) groups is 1. The quantitative estimate of drug-likeness (QED) is 0.852. The Hall–Kier alpha value is -1.73. The number of nitriles is 1. The fourth-order valence-corrected chi connectivity index (χ4v) is 2.34. The molecule has 0 spiro atoms. The van der Waals surface area contributed by atoms with Crippen molar-refractivity contribution in [1.82, 2.24) is 4.90 Å². The maximum atomic E-state index is 12.2. The normalized spacial score (nSPS) is 18.1. The lowest BCUT2D eigenvalue weighted by molar-refractivity contribution is -0.136. The molecule has 0 aliphatic carbocycles. The predicted octanol–water partition coefficient (Wildman–Crippen LogP) is 2.26. The highest BCUT2D eigenvalue weighted by Gasteiger charge is 2.31. The van der Waals surface area contributed by atoms with E-state index in [0.717, 1.165) is 5.56 Å². The molecule has 2 rings (SSSR count). The maximum Gasteiger partial charge on any atom is 0.263 e. The first-order valence-electron chi connectivity index (χ1n) is 6.11. The Labute approximate surface area is 117 Å². The van der Waals surface area contributed by atoms with Gasteiger partial charge in [0, 0.05) is 25.0 Å². The van der Waals surface area contributed by atoms with Gasteiger partial charge in [0.1, 0.15) is 5.75 Å². The van der Waals surface area contributed by atoms with Gasteiger partial charge in [0.2, 0.25) is 0 Å². The van der Waals surface area contributed by atoms with Gasteiger partial charge in [0.05, 0.1) is 12.0 Å². The van der Waals surface area contributed by atoms with Crippen LogP contribution in [0.5, 0.6) is 5.75 Å². The number of fused-ring (bicyclic) bond motifs is 1. The predicted molar refractivity (Wildman–Crippen MR) is 72.0 cm³/mol. The summed E-state index contributed by atoms with van der Waals surface area (Å²) in [5.74, 6) is 0.422. The summed E-state index contributed by atoms with van der Waals surface area (Å²) in [6.45, 7) is 2.19. The molecule has 1 aromatic carbocycles. The number of ether oxygens (including phenoxy) is 1. The molecular weight excluding hydrogens is 264 g/mol. The Kier molecular flexibility index (Phi) is 3.96. The summed E-state index contributed by atoms with van der Waals surface area (Å²) in [6, 6.07) is 7.46. The highest BCUT2D eigenvalue weighted by Crippen LogP contribution is 2.31. The lowest BCUT2D eigenvalue weighted by atomic mass is 10.1. The monoisotopic (exact) mass is 278 g/mol. The van der Waals surface area contributed by atoms with E-state index in [1.54, 1.807) is 31.0 Å². The minimum atomic E-state index is -0.510. The largest absolute Gasteiger partial charge is 0.480 e. The number of benzene rings is 1. The Balaban J connectivity index is 2.02. The lowest BCUT2D eigenvalue weighted by Crippen LogP contribution is -2.40. The van der Waals surface area contributed by atoms with Gasteiger partial charge in [-0.2, -0.15) is 5.26 Å². The summed E-state index contributed by atoms with van der Waals surface area (Å²) in [5.41, 5.74) is 0.951. The minimum Gasteiger partial charge on any atom is -0.480 e. The van der Waals surface area contributed by atoms with Gasteiger partial charge >= 0.3 is 0 Å². The minimum absolute atomic E-state index is 0.102. The molecule has 2 atom stereocenters. The number of amides is 1. The SMILES string of the molecule is C[C@@H](C#N)CN(C)C(=O)[C@H]1Cc2cc(Cl)ccc2O1. The molecule has 4 nitrogen and oxygen atoms in total. The van der Waals surface area contributed by atoms with Crippen molar-refractivity contribution in [2.75, 3.05) is 13.6 Å². The van der Waals surface area contributed by atoms with E-state index < -0.39 is 6.10 Å². The summed E-state index contributed by atoms with van der Waals surface area (Å²) in [5, 5.41) is 9.41. The molecule has 0 saturated carbocycles. The number of hydrogen-bond donors (Lipinski definition) is 0. The van der Waals surface area contributed by atoms with Crippen LogP contribution in [-0.2, 0) is 11.2 Å². The van der Waals surface area contributed by atoms with E-state index in [-0.39, 0.29) is 11.8 Å². The van der Waals surface area contributed by atoms with Crippen molar-refractivity contribution < 1.29 is 9.53 Å². The fraction of sp³-hybridized carbons (Fsp3) is 0.429. The number of carbonyl (C=O) groups excluding carboxylic acids is 1. The van der Waals surface area contributed by atoms with E-state index in [1.807, 2.05) is 6.07 Å². The van der Waals surface area contributed by atoms with Gasteiger partial charge in [-0.15, -0.1) is 0 Å². The third-order valence-corrected chi connectivity index (χ3v) is 3.35. The summed E-state index contributed by atoms with van der Waals surface area (Å²) in [7, 11) is 1.69. The molecule has 0 saturated heterocycles. The first-order valence-corrected chi connectivity index (χ1v) is 6.48. The van der Waals surface area contributed by atoms with E-state index in [2.05, 4.69) is 6.07 Å². The van der Waals surface area contributed by atoms with Crippen molar-refractivity contribution in [2.45, 2.75) is 19.4 Å². The summed E-state index contributed by atoms with van der Waals surface area (Å²) < 4.78 is 5.63. The zero-order chi connectivity index (χ0) is 14.0. The van der Waals surface area contributed by atoms with E-state index >= 15 is 0 Å². The smallest absolute Gasteiger partial charge is 0.263 e. The lowest BCUT2D eigenvalue weighted by Gasteiger charge is -2.21. The Morgan fingerprint density at radius 2 is 2.42 bits per heavy atom. The van der Waals surface area contributed by atoms with Crippen molar-refractivity contribution in [3.63, 3.8) is 0 Å². The van der Waals surface area contributed by atoms with Crippen molar-refractivity contribution in [3.8, 4) is 11.8 Å². The Morgan fingerprint density at radius 3 is 3.11 bits per heavy atom. The third-order valence-electron chi connectivity index (χ3n) is 3.12. The van der Waals surface area contributed by atoms with Crippen LogP contribution < -0.4 is 4.74 Å². The van der Waals surface area contributed by atoms with Crippen LogP contribution in [0.25, 0.3) is 0 Å². The van der Waals surface area contributed by atoms with E-state index in [9.17, 15) is 4.79 Å². The molecule has 0 fully saturated rings. The van der Waals surface area contributed by atoms with Crippen LogP contribution in [0.3, 0.4) is 0 Å². The summed E-state index contributed by atoms with van der Waals surface area (Å²) in [4.78, 5) is 13.8. The first-order chi connectivity index (χ1) is 9.01. The topological polar surface area (TPSA) is 53.3 Å². The second-order valence-corrected chi connectivity index (χ2v) is 5.25. The summed E-state index contributed by atoms with van der Waals surface area (Å²) in [6.07, 6.45) is 0.0179. The van der Waals surface area contributed by atoms with Gasteiger partial charge in [-0.3, -0.25) is 4.79 Å². The van der Waals surface area contributed by atoms with Gasteiger partial charge < -0.3 is 9.64 Å². The zero-order valence-electron chi connectivity index (χ0n) is 10.9. The molecule has 0 radical (unpaired) electrons. The molecule has 0 N–H and O–H groups in total. The molecule has 0 unspecified atom stereocenters. The van der Waals surface area contributed by atoms with E-state index in [0.29, 0.717) is 23.7 Å². The number of hydrogen-bond acceptors (Lipinski definition) is 3. The van der Waals surface area contributed by atoms with Crippen molar-refractivity contribution in [3.05, 3.63) is 28.8 Å². The van der Waals surface area contributed by atoms with Crippen LogP contribution in [0, 0.1) is 17.2 Å². The van der Waals surface area contributed by atoms with Crippen LogP contribution >= 0.6 is 11.6 Å². The van der Waals surface area contributed by atoms with Gasteiger partial charge in [-0.25, -0.2) is 0 Å². The molecular formula is C14H15ClN2O2. The molecule has 1 aliphatic rings. The van der Waals surface area contributed by atoms with Gasteiger partial charge in [-0.05, 0) is 30.7 Å². The maximum absolute atomic E-state index is 12.2. The summed E-state index contributed by atoms with van der Waals surface area (Å²) >= 11 is 5.91. The molecule has 100 valence electrons. The van der Waals surface area contributed by atoms with Gasteiger partial charge in [0.15, 0.2) is 6.10 Å². The van der Waals surface area contributed by atoms with Gasteiger partial charge in [0.25, 0.3) is 5.91 Å². The molecule has 5 heteroatoms. The highest BCUT2D eigenvalue weighted by atomic mass is 35.5. The van der Waals surface area contributed by atoms with Crippen LogP contribution in [0.2, 0.25) is 5.02 Å².